The highest BCUT2D eigenvalue weighted by Crippen LogP contribution is 2.30. The number of hydrogen-bond acceptors (Lipinski definition) is 8. The molecule has 1 saturated heterocycles. The van der Waals surface area contributed by atoms with Crippen LogP contribution >= 0.6 is 0 Å². The second-order valence-electron chi connectivity index (χ2n) is 10.6. The molecule has 2 aliphatic rings. The van der Waals surface area contributed by atoms with Crippen LogP contribution in [0.3, 0.4) is 0 Å². The van der Waals surface area contributed by atoms with E-state index in [1.165, 1.54) is 4.57 Å². The van der Waals surface area contributed by atoms with E-state index >= 15 is 0 Å². The Morgan fingerprint density at radius 1 is 1.10 bits per heavy atom. The average molecular weight is 543 g/mol. The van der Waals surface area contributed by atoms with Crippen molar-refractivity contribution in [2.24, 2.45) is 0 Å². The zero-order valence-corrected chi connectivity index (χ0v) is 22.6. The van der Waals surface area contributed by atoms with Crippen LogP contribution in [-0.4, -0.2) is 88.9 Å². The highest BCUT2D eigenvalue weighted by Gasteiger charge is 2.27. The quantitative estimate of drug-likeness (QED) is 0.447. The van der Waals surface area contributed by atoms with E-state index in [1.807, 2.05) is 19.0 Å². The molecule has 3 aromatic rings. The fourth-order valence-electron chi connectivity index (χ4n) is 5.37. The molecule has 10 nitrogen and oxygen atoms in total. The number of amides is 1. The summed E-state index contributed by atoms with van der Waals surface area (Å²) in [5.41, 5.74) is 1.05. The molecular weight excluding hydrogens is 506 g/mol. The lowest BCUT2D eigenvalue weighted by molar-refractivity contribution is -0.122. The predicted molar refractivity (Wildman–Crippen MR) is 146 cm³/mol. The molecule has 0 spiro atoms. The van der Waals surface area contributed by atoms with E-state index in [1.54, 1.807) is 30.3 Å². The molecular formula is C27H36F2N8O2. The van der Waals surface area contributed by atoms with Gasteiger partial charge in [0.2, 0.25) is 11.9 Å². The fourth-order valence-corrected chi connectivity index (χ4v) is 5.37. The van der Waals surface area contributed by atoms with Gasteiger partial charge in [-0.1, -0.05) is 12.1 Å². The number of carbonyl (C=O) groups excluding carboxylic acids is 1. The maximum absolute atomic E-state index is 14.1. The Morgan fingerprint density at radius 2 is 1.82 bits per heavy atom. The number of morpholine rings is 1. The minimum absolute atomic E-state index is 0.0270. The van der Waals surface area contributed by atoms with E-state index < -0.39 is 6.43 Å². The van der Waals surface area contributed by atoms with Crippen molar-refractivity contribution in [2.75, 3.05) is 50.6 Å². The number of imidazole rings is 1. The monoisotopic (exact) mass is 542 g/mol. The number of carbonyl (C=O) groups is 1. The maximum Gasteiger partial charge on any atom is 0.296 e. The first kappa shape index (κ1) is 27.2. The van der Waals surface area contributed by atoms with Gasteiger partial charge in [-0.2, -0.15) is 9.97 Å². The van der Waals surface area contributed by atoms with E-state index in [9.17, 15) is 13.6 Å². The Hall–Kier alpha value is -3.38. The summed E-state index contributed by atoms with van der Waals surface area (Å²) in [5.74, 6) is 1.06. The molecule has 2 aromatic heterocycles. The molecule has 1 saturated carbocycles. The molecule has 1 aliphatic carbocycles. The number of rotatable bonds is 8. The third kappa shape index (κ3) is 6.27. The van der Waals surface area contributed by atoms with E-state index in [0.717, 1.165) is 25.7 Å². The van der Waals surface area contributed by atoms with Crippen molar-refractivity contribution in [2.45, 2.75) is 57.2 Å². The third-order valence-corrected chi connectivity index (χ3v) is 7.26. The first-order chi connectivity index (χ1) is 18.8. The van der Waals surface area contributed by atoms with Crippen LogP contribution in [0.25, 0.3) is 16.9 Å². The molecule has 3 heterocycles. The number of para-hydroxylation sites is 2. The van der Waals surface area contributed by atoms with Crippen molar-refractivity contribution in [3.8, 4) is 5.82 Å². The van der Waals surface area contributed by atoms with Gasteiger partial charge >= 0.3 is 0 Å². The van der Waals surface area contributed by atoms with Gasteiger partial charge in [-0.05, 0) is 58.8 Å². The summed E-state index contributed by atoms with van der Waals surface area (Å²) in [6.07, 6.45) is 0.574. The van der Waals surface area contributed by atoms with Crippen molar-refractivity contribution in [3.63, 3.8) is 0 Å². The van der Waals surface area contributed by atoms with Crippen molar-refractivity contribution in [1.29, 1.82) is 0 Å². The predicted octanol–water partition coefficient (Wildman–Crippen LogP) is 3.38. The minimum Gasteiger partial charge on any atom is -0.377 e. The summed E-state index contributed by atoms with van der Waals surface area (Å²) in [6.45, 7) is 4.18. The zero-order valence-electron chi connectivity index (χ0n) is 22.6. The zero-order chi connectivity index (χ0) is 27.5. The summed E-state index contributed by atoms with van der Waals surface area (Å²) in [5, 5.41) is 6.57. The number of alkyl halides is 2. The lowest BCUT2D eigenvalue weighted by atomic mass is 9.91. The number of anilines is 2. The van der Waals surface area contributed by atoms with Crippen molar-refractivity contribution in [3.05, 3.63) is 36.2 Å². The fraction of sp³-hybridized carbons (Fsp3) is 0.556. The summed E-state index contributed by atoms with van der Waals surface area (Å²) in [7, 11) is 3.74. The van der Waals surface area contributed by atoms with Crippen LogP contribution in [0.5, 0.6) is 0 Å². The van der Waals surface area contributed by atoms with Crippen LogP contribution in [-0.2, 0) is 9.53 Å². The normalized spacial score (nSPS) is 22.0. The van der Waals surface area contributed by atoms with Crippen LogP contribution in [0.2, 0.25) is 0 Å². The van der Waals surface area contributed by atoms with Gasteiger partial charge in [-0.3, -0.25) is 9.36 Å². The highest BCUT2D eigenvalue weighted by atomic mass is 19.3. The number of ether oxygens (including phenoxy) is 1. The molecule has 1 atom stereocenters. The minimum atomic E-state index is -2.77. The van der Waals surface area contributed by atoms with Crippen LogP contribution < -0.4 is 15.5 Å². The van der Waals surface area contributed by atoms with Crippen molar-refractivity contribution in [1.82, 2.24) is 29.7 Å². The van der Waals surface area contributed by atoms with E-state index in [-0.39, 0.29) is 29.9 Å². The number of nitrogens with zero attached hydrogens (tertiary/aromatic N) is 6. The van der Waals surface area contributed by atoms with Gasteiger partial charge in [-0.15, -0.1) is 0 Å². The SMILES string of the molecule is C[C@H]1COCCN1c1cc(-n2c(C(F)F)nc3ccccc32)nc(NC2CCC(NC(=O)CN(C)C)CC2)n1. The Kier molecular flexibility index (Phi) is 8.22. The number of likely N-dealkylation sites (N-methyl/N-ethyl adjacent to an activating group) is 1. The standard InChI is InChI=1S/C27H36F2N8O2/c1-17-16-39-13-12-36(17)22-14-23(37-21-7-5-4-6-20(21)32-26(37)25(28)29)34-27(33-22)31-19-10-8-18(9-11-19)30-24(38)15-35(2)3/h4-7,14,17-19,25H,8-13,15-16H2,1-3H3,(H,30,38)(H,31,33,34)/t17-,18?,19?/m0/s1. The molecule has 1 aromatic carbocycles. The first-order valence-electron chi connectivity index (χ1n) is 13.5. The van der Waals surface area contributed by atoms with Crippen LogP contribution in [0.4, 0.5) is 20.5 Å². The molecule has 0 bridgehead atoms. The molecule has 0 radical (unpaired) electrons. The summed E-state index contributed by atoms with van der Waals surface area (Å²) in [6, 6.07) is 9.14. The van der Waals surface area contributed by atoms with E-state index in [0.29, 0.717) is 54.9 Å². The molecule has 1 aliphatic heterocycles. The van der Waals surface area contributed by atoms with Gasteiger partial charge in [0, 0.05) is 24.7 Å². The largest absolute Gasteiger partial charge is 0.377 e. The van der Waals surface area contributed by atoms with E-state index in [2.05, 4.69) is 27.4 Å². The molecule has 210 valence electrons. The lowest BCUT2D eigenvalue weighted by Crippen LogP contribution is -2.44. The van der Waals surface area contributed by atoms with Crippen molar-refractivity contribution < 1.29 is 18.3 Å². The lowest BCUT2D eigenvalue weighted by Gasteiger charge is -2.35. The second-order valence-corrected chi connectivity index (χ2v) is 10.6. The Labute approximate surface area is 226 Å². The van der Waals surface area contributed by atoms with Crippen LogP contribution in [0.1, 0.15) is 44.9 Å². The summed E-state index contributed by atoms with van der Waals surface area (Å²) >= 11 is 0. The molecule has 2 fully saturated rings. The first-order valence-corrected chi connectivity index (χ1v) is 13.5. The number of nitrogens with one attached hydrogen (secondary N) is 2. The Balaban J connectivity index is 1.43. The van der Waals surface area contributed by atoms with Crippen molar-refractivity contribution >= 4 is 28.7 Å². The van der Waals surface area contributed by atoms with Crippen LogP contribution in [0, 0.1) is 0 Å². The van der Waals surface area contributed by atoms with E-state index in [4.69, 9.17) is 14.7 Å². The summed E-state index contributed by atoms with van der Waals surface area (Å²) < 4.78 is 35.3. The number of halogens is 2. The molecule has 39 heavy (non-hydrogen) atoms. The summed E-state index contributed by atoms with van der Waals surface area (Å²) in [4.78, 5) is 29.9. The van der Waals surface area contributed by atoms with Gasteiger partial charge in [0.1, 0.15) is 11.6 Å². The maximum atomic E-state index is 14.1. The molecule has 0 unspecified atom stereocenters. The van der Waals surface area contributed by atoms with Gasteiger partial charge < -0.3 is 25.2 Å². The third-order valence-electron chi connectivity index (χ3n) is 7.26. The number of fused-ring (bicyclic) bond motifs is 1. The topological polar surface area (TPSA) is 100 Å². The Bertz CT molecular complexity index is 1290. The number of aromatic nitrogens is 4. The Morgan fingerprint density at radius 3 is 2.54 bits per heavy atom. The van der Waals surface area contributed by atoms with Gasteiger partial charge in [0.15, 0.2) is 5.82 Å². The molecule has 2 N–H and O–H groups in total. The number of hydrogen-bond donors (Lipinski definition) is 2. The van der Waals surface area contributed by atoms with Gasteiger partial charge in [-0.25, -0.2) is 13.8 Å². The highest BCUT2D eigenvalue weighted by molar-refractivity contribution is 5.79. The number of benzene rings is 1. The molecule has 5 rings (SSSR count). The molecule has 1 amide bonds. The van der Waals surface area contributed by atoms with Gasteiger partial charge in [0.25, 0.3) is 6.43 Å². The van der Waals surface area contributed by atoms with Gasteiger partial charge in [0.05, 0.1) is 36.8 Å². The second kappa shape index (κ2) is 11.8. The van der Waals surface area contributed by atoms with Crippen LogP contribution in [0.15, 0.2) is 30.3 Å². The molecule has 12 heteroatoms. The smallest absolute Gasteiger partial charge is 0.296 e. The average Bonchev–Trinajstić information content (AvgIpc) is 3.30.